The summed E-state index contributed by atoms with van der Waals surface area (Å²) < 4.78 is 6.41. The largest absolute Gasteiger partial charge is 0.444 e. The molecule has 1 heterocycles. The fraction of sp³-hybridized carbons (Fsp3) is 0.235. The lowest BCUT2D eigenvalue weighted by Gasteiger charge is -2.30. The van der Waals surface area contributed by atoms with Gasteiger partial charge in [0.15, 0.2) is 0 Å². The molecule has 1 aliphatic rings. The van der Waals surface area contributed by atoms with Crippen molar-refractivity contribution in [2.75, 3.05) is 11.4 Å². The Morgan fingerprint density at radius 2 is 2.00 bits per heavy atom. The number of benzene rings is 2. The molecule has 0 radical (unpaired) electrons. The molecule has 0 N–H and O–H groups in total. The number of fused-ring (bicyclic) bond motifs is 1. The zero-order chi connectivity index (χ0) is 15.5. The molecule has 3 rings (SSSR count). The van der Waals surface area contributed by atoms with Crippen LogP contribution in [0.2, 0.25) is 5.02 Å². The number of ether oxygens (including phenoxy) is 1. The maximum atomic E-state index is 12.4. The molecule has 2 aromatic rings. The van der Waals surface area contributed by atoms with Crippen molar-refractivity contribution < 1.29 is 9.53 Å². The minimum atomic E-state index is -0.357. The molecule has 3 nitrogen and oxygen atoms in total. The van der Waals surface area contributed by atoms with Crippen LogP contribution < -0.4 is 4.90 Å². The minimum Gasteiger partial charge on any atom is -0.444 e. The zero-order valence-corrected chi connectivity index (χ0v) is 14.2. The van der Waals surface area contributed by atoms with Crippen LogP contribution in [-0.2, 0) is 17.8 Å². The van der Waals surface area contributed by atoms with Gasteiger partial charge >= 0.3 is 6.09 Å². The summed E-state index contributed by atoms with van der Waals surface area (Å²) in [5.74, 6) is 0. The fourth-order valence-corrected chi connectivity index (χ4v) is 3.42. The molecular weight excluding hydrogens is 366 g/mol. The van der Waals surface area contributed by atoms with E-state index in [0.717, 1.165) is 34.1 Å². The van der Waals surface area contributed by atoms with Crippen molar-refractivity contribution >= 4 is 39.3 Å². The average molecular weight is 381 g/mol. The lowest BCUT2D eigenvalue weighted by Crippen LogP contribution is -2.36. The molecule has 0 fully saturated rings. The summed E-state index contributed by atoms with van der Waals surface area (Å²) in [5, 5.41) is 0.578. The van der Waals surface area contributed by atoms with Gasteiger partial charge in [-0.2, -0.15) is 0 Å². The van der Waals surface area contributed by atoms with E-state index in [4.69, 9.17) is 16.3 Å². The maximum absolute atomic E-state index is 12.4. The molecule has 2 aromatic carbocycles. The minimum absolute atomic E-state index is 0.261. The van der Waals surface area contributed by atoms with E-state index in [1.807, 2.05) is 36.4 Å². The van der Waals surface area contributed by atoms with E-state index in [1.165, 1.54) is 0 Å². The monoisotopic (exact) mass is 379 g/mol. The van der Waals surface area contributed by atoms with Crippen LogP contribution in [0.1, 0.15) is 17.5 Å². The Bertz CT molecular complexity index is 691. The van der Waals surface area contributed by atoms with E-state index in [-0.39, 0.29) is 12.7 Å². The summed E-state index contributed by atoms with van der Waals surface area (Å²) in [4.78, 5) is 14.1. The Morgan fingerprint density at radius 1 is 1.23 bits per heavy atom. The van der Waals surface area contributed by atoms with Crippen LogP contribution in [-0.4, -0.2) is 12.6 Å². The van der Waals surface area contributed by atoms with Crippen molar-refractivity contribution in [2.45, 2.75) is 19.4 Å². The van der Waals surface area contributed by atoms with Crippen molar-refractivity contribution in [3.05, 3.63) is 63.1 Å². The highest BCUT2D eigenvalue weighted by atomic mass is 79.9. The summed E-state index contributed by atoms with van der Waals surface area (Å²) >= 11 is 9.83. The quantitative estimate of drug-likeness (QED) is 0.717. The van der Waals surface area contributed by atoms with Crippen molar-refractivity contribution in [3.63, 3.8) is 0 Å². The molecule has 0 saturated heterocycles. The van der Waals surface area contributed by atoms with E-state index in [1.54, 1.807) is 11.0 Å². The second kappa shape index (κ2) is 6.71. The number of hydrogen-bond donors (Lipinski definition) is 0. The van der Waals surface area contributed by atoms with Crippen molar-refractivity contribution in [3.8, 4) is 0 Å². The first-order valence-electron chi connectivity index (χ1n) is 7.12. The van der Waals surface area contributed by atoms with E-state index in [0.29, 0.717) is 11.6 Å². The fourth-order valence-electron chi connectivity index (χ4n) is 2.62. The molecule has 0 saturated carbocycles. The number of rotatable bonds is 2. The molecule has 22 heavy (non-hydrogen) atoms. The summed E-state index contributed by atoms with van der Waals surface area (Å²) in [6.07, 6.45) is 1.44. The number of carbonyl (C=O) groups excluding carboxylic acids is 1. The third kappa shape index (κ3) is 3.13. The number of anilines is 1. The van der Waals surface area contributed by atoms with Gasteiger partial charge in [-0.25, -0.2) is 4.79 Å². The Morgan fingerprint density at radius 3 is 2.77 bits per heavy atom. The van der Waals surface area contributed by atoms with Crippen LogP contribution >= 0.6 is 27.5 Å². The summed E-state index contributed by atoms with van der Waals surface area (Å²) in [6.45, 7) is 0.883. The topological polar surface area (TPSA) is 29.5 Å². The Balaban J connectivity index is 1.79. The van der Waals surface area contributed by atoms with Gasteiger partial charge < -0.3 is 4.74 Å². The van der Waals surface area contributed by atoms with Gasteiger partial charge in [-0.1, -0.05) is 57.9 Å². The molecule has 1 amide bonds. The molecule has 0 aromatic heterocycles. The van der Waals surface area contributed by atoms with E-state index < -0.39 is 0 Å². The molecular formula is C17H15BrClNO2. The van der Waals surface area contributed by atoms with Crippen LogP contribution in [0.5, 0.6) is 0 Å². The van der Waals surface area contributed by atoms with Crippen LogP contribution in [0.3, 0.4) is 0 Å². The molecule has 0 spiro atoms. The van der Waals surface area contributed by atoms with E-state index in [2.05, 4.69) is 15.9 Å². The van der Waals surface area contributed by atoms with Crippen molar-refractivity contribution in [1.82, 2.24) is 0 Å². The first kappa shape index (κ1) is 15.4. The number of amides is 1. The molecule has 0 bridgehead atoms. The second-order valence-corrected chi connectivity index (χ2v) is 6.41. The van der Waals surface area contributed by atoms with E-state index >= 15 is 0 Å². The Kier molecular flexibility index (Phi) is 4.69. The predicted molar refractivity (Wildman–Crippen MR) is 91.4 cm³/mol. The van der Waals surface area contributed by atoms with Gasteiger partial charge in [0.2, 0.25) is 0 Å². The molecule has 1 aliphatic heterocycles. The van der Waals surface area contributed by atoms with Gasteiger partial charge in [-0.3, -0.25) is 4.90 Å². The SMILES string of the molecule is O=C(OCc1ccccc1)N1CCCc2c(Br)ccc(Cl)c21. The van der Waals surface area contributed by atoms with Gasteiger partial charge in [0.1, 0.15) is 6.61 Å². The highest BCUT2D eigenvalue weighted by Crippen LogP contribution is 2.38. The van der Waals surface area contributed by atoms with Gasteiger partial charge in [-0.05, 0) is 36.1 Å². The van der Waals surface area contributed by atoms with Crippen molar-refractivity contribution in [1.29, 1.82) is 0 Å². The summed E-state index contributed by atoms with van der Waals surface area (Å²) in [6, 6.07) is 13.4. The number of halogens is 2. The lowest BCUT2D eigenvalue weighted by atomic mass is 10.0. The Hall–Kier alpha value is -1.52. The second-order valence-electron chi connectivity index (χ2n) is 5.15. The molecule has 0 aliphatic carbocycles. The van der Waals surface area contributed by atoms with E-state index in [9.17, 15) is 4.79 Å². The highest BCUT2D eigenvalue weighted by Gasteiger charge is 2.27. The number of hydrogen-bond acceptors (Lipinski definition) is 2. The molecule has 0 unspecified atom stereocenters. The molecule has 114 valence electrons. The summed E-state index contributed by atoms with van der Waals surface area (Å²) in [5.41, 5.74) is 2.80. The normalized spacial score (nSPS) is 13.6. The van der Waals surface area contributed by atoms with Gasteiger partial charge in [0.05, 0.1) is 10.7 Å². The third-order valence-corrected chi connectivity index (χ3v) is 4.73. The lowest BCUT2D eigenvalue weighted by molar-refractivity contribution is 0.146. The van der Waals surface area contributed by atoms with Crippen LogP contribution in [0, 0.1) is 0 Å². The van der Waals surface area contributed by atoms with Crippen molar-refractivity contribution in [2.24, 2.45) is 0 Å². The van der Waals surface area contributed by atoms with Gasteiger partial charge in [-0.15, -0.1) is 0 Å². The van der Waals surface area contributed by atoms with Crippen LogP contribution in [0.4, 0.5) is 10.5 Å². The average Bonchev–Trinajstić information content (AvgIpc) is 2.56. The number of carbonyl (C=O) groups is 1. The molecule has 5 heteroatoms. The standard InChI is InChI=1S/C17H15BrClNO2/c18-14-8-9-15(19)16-13(14)7-4-10-20(16)17(21)22-11-12-5-2-1-3-6-12/h1-3,5-6,8-9H,4,7,10-11H2. The van der Waals surface area contributed by atoms with Crippen LogP contribution in [0.25, 0.3) is 0 Å². The smallest absolute Gasteiger partial charge is 0.414 e. The first-order valence-corrected chi connectivity index (χ1v) is 8.29. The summed E-state index contributed by atoms with van der Waals surface area (Å²) in [7, 11) is 0. The maximum Gasteiger partial charge on any atom is 0.414 e. The number of nitrogens with zero attached hydrogens (tertiary/aromatic N) is 1. The third-order valence-electron chi connectivity index (χ3n) is 3.68. The van der Waals surface area contributed by atoms with Gasteiger partial charge in [0.25, 0.3) is 0 Å². The Labute approximate surface area is 143 Å². The first-order chi connectivity index (χ1) is 10.7. The zero-order valence-electron chi connectivity index (χ0n) is 11.9. The molecule has 0 atom stereocenters. The highest BCUT2D eigenvalue weighted by molar-refractivity contribution is 9.10. The van der Waals surface area contributed by atoms with Gasteiger partial charge in [0, 0.05) is 11.0 Å². The van der Waals surface area contributed by atoms with Crippen LogP contribution in [0.15, 0.2) is 46.9 Å². The predicted octanol–water partition coefficient (Wildman–Crippen LogP) is 5.19.